The molecular weight excluding hydrogens is 464 g/mol. The number of rotatable bonds is 6. The molecule has 0 aliphatic carbocycles. The lowest BCUT2D eigenvalue weighted by Crippen LogP contribution is -2.31. The van der Waals surface area contributed by atoms with Gasteiger partial charge in [0.25, 0.3) is 10.0 Å². The number of nitrogens with one attached hydrogen (secondary N) is 1. The third kappa shape index (κ3) is 4.33. The van der Waals surface area contributed by atoms with Crippen molar-refractivity contribution < 1.29 is 22.7 Å². The number of aromatic nitrogens is 2. The number of nitrogens with zero attached hydrogens (tertiary/aromatic N) is 3. The maximum atomic E-state index is 12.9. The van der Waals surface area contributed by atoms with Crippen LogP contribution in [0.15, 0.2) is 52.6 Å². The third-order valence-corrected chi connectivity index (χ3v) is 7.75. The summed E-state index contributed by atoms with van der Waals surface area (Å²) >= 11 is 1.12. The average molecular weight is 487 g/mol. The highest BCUT2D eigenvalue weighted by atomic mass is 32.2. The number of benzene rings is 2. The number of carbonyl (C=O) groups is 1. The zero-order chi connectivity index (χ0) is 23.8. The number of anilines is 2. The van der Waals surface area contributed by atoms with E-state index >= 15 is 0 Å². The van der Waals surface area contributed by atoms with Crippen molar-refractivity contribution in [3.63, 3.8) is 0 Å². The first kappa shape index (κ1) is 22.9. The van der Waals surface area contributed by atoms with Crippen LogP contribution in [0.1, 0.15) is 5.56 Å². The Hall–Kier alpha value is -3.31. The molecule has 0 radical (unpaired) electrons. The first-order valence-electron chi connectivity index (χ1n) is 9.86. The first-order valence-corrected chi connectivity index (χ1v) is 12.3. The molecule has 3 aromatic rings. The Kier molecular flexibility index (Phi) is 6.17. The summed E-state index contributed by atoms with van der Waals surface area (Å²) in [7, 11) is 0.811. The number of hydrogen-bond acceptors (Lipinski definition) is 8. The third-order valence-electron chi connectivity index (χ3n) is 5.12. The van der Waals surface area contributed by atoms with E-state index in [-0.39, 0.29) is 16.6 Å². The largest absolute Gasteiger partial charge is 0.493 e. The number of hydrogen-bond donors (Lipinski definition) is 1. The van der Waals surface area contributed by atoms with Crippen LogP contribution in [0, 0.1) is 6.92 Å². The predicted octanol–water partition coefficient (Wildman–Crippen LogP) is 3.34. The summed E-state index contributed by atoms with van der Waals surface area (Å²) in [5.41, 5.74) is 3.14. The molecule has 0 fully saturated rings. The van der Waals surface area contributed by atoms with Crippen LogP contribution < -0.4 is 19.1 Å². The standard InChI is InChI=1S/C22H22N4O5S2/c1-13-5-7-16-15(9-13)21-19(33(28,29)26(16)2)11-23-22(25-21)32-12-20(27)24-14-6-8-17(30-3)18(10-14)31-4/h5-11H,12H2,1-4H3,(H,24,27). The summed E-state index contributed by atoms with van der Waals surface area (Å²) in [5.74, 6) is 0.835. The van der Waals surface area contributed by atoms with Gasteiger partial charge >= 0.3 is 0 Å². The molecule has 1 aromatic heterocycles. The smallest absolute Gasteiger partial charge is 0.267 e. The molecule has 0 saturated heterocycles. The molecule has 1 aliphatic rings. The number of carbonyl (C=O) groups excluding carboxylic acids is 1. The molecule has 11 heteroatoms. The van der Waals surface area contributed by atoms with E-state index in [0.29, 0.717) is 39.3 Å². The van der Waals surface area contributed by atoms with Gasteiger partial charge in [0.2, 0.25) is 5.91 Å². The van der Waals surface area contributed by atoms with Crippen LogP contribution in [-0.2, 0) is 14.8 Å². The molecule has 172 valence electrons. The molecule has 0 atom stereocenters. The van der Waals surface area contributed by atoms with E-state index in [1.807, 2.05) is 19.1 Å². The molecule has 0 spiro atoms. The molecule has 0 saturated carbocycles. The minimum Gasteiger partial charge on any atom is -0.493 e. The topological polar surface area (TPSA) is 111 Å². The van der Waals surface area contributed by atoms with Crippen LogP contribution in [0.5, 0.6) is 11.5 Å². The fourth-order valence-electron chi connectivity index (χ4n) is 3.44. The van der Waals surface area contributed by atoms with Gasteiger partial charge in [-0.3, -0.25) is 9.10 Å². The maximum absolute atomic E-state index is 12.9. The number of sulfonamides is 1. The molecule has 0 bridgehead atoms. The molecule has 1 N–H and O–H groups in total. The normalized spacial score (nSPS) is 13.6. The van der Waals surface area contributed by atoms with Crippen LogP contribution in [-0.4, -0.2) is 51.3 Å². The average Bonchev–Trinajstić information content (AvgIpc) is 2.81. The second-order valence-corrected chi connectivity index (χ2v) is 10.1. The summed E-state index contributed by atoms with van der Waals surface area (Å²) in [6.45, 7) is 1.93. The van der Waals surface area contributed by atoms with Crippen LogP contribution in [0.2, 0.25) is 0 Å². The summed E-state index contributed by atoms with van der Waals surface area (Å²) in [5, 5.41) is 3.10. The van der Waals surface area contributed by atoms with E-state index < -0.39 is 10.0 Å². The Morgan fingerprint density at radius 2 is 1.88 bits per heavy atom. The van der Waals surface area contributed by atoms with Gasteiger partial charge in [-0.25, -0.2) is 18.4 Å². The van der Waals surface area contributed by atoms with Crippen LogP contribution in [0.3, 0.4) is 0 Å². The van der Waals surface area contributed by atoms with E-state index in [1.54, 1.807) is 24.3 Å². The molecule has 4 rings (SSSR count). The zero-order valence-corrected chi connectivity index (χ0v) is 20.1. The zero-order valence-electron chi connectivity index (χ0n) is 18.4. The van der Waals surface area contributed by atoms with E-state index in [4.69, 9.17) is 9.47 Å². The van der Waals surface area contributed by atoms with Gasteiger partial charge < -0.3 is 14.8 Å². The lowest BCUT2D eigenvalue weighted by Gasteiger charge is -2.28. The molecule has 33 heavy (non-hydrogen) atoms. The van der Waals surface area contributed by atoms with Crippen molar-refractivity contribution in [2.45, 2.75) is 17.0 Å². The van der Waals surface area contributed by atoms with Gasteiger partial charge in [-0.2, -0.15) is 0 Å². The number of aryl methyl sites for hydroxylation is 1. The minimum atomic E-state index is -3.75. The molecule has 2 heterocycles. The monoisotopic (exact) mass is 486 g/mol. The molecule has 2 aromatic carbocycles. The van der Waals surface area contributed by atoms with Crippen LogP contribution in [0.4, 0.5) is 11.4 Å². The second kappa shape index (κ2) is 8.91. The Morgan fingerprint density at radius 1 is 1.12 bits per heavy atom. The summed E-state index contributed by atoms with van der Waals surface area (Å²) in [6.07, 6.45) is 1.30. The van der Waals surface area contributed by atoms with Crippen molar-refractivity contribution in [3.05, 3.63) is 48.2 Å². The Bertz CT molecular complexity index is 1340. The molecule has 0 unspecified atom stereocenters. The molecule has 9 nitrogen and oxygen atoms in total. The number of fused-ring (bicyclic) bond motifs is 3. The van der Waals surface area contributed by atoms with Gasteiger partial charge in [-0.1, -0.05) is 23.4 Å². The number of thioether (sulfide) groups is 1. The highest BCUT2D eigenvalue weighted by Gasteiger charge is 2.34. The van der Waals surface area contributed by atoms with Crippen molar-refractivity contribution in [1.82, 2.24) is 9.97 Å². The summed E-state index contributed by atoms with van der Waals surface area (Å²) in [6, 6.07) is 10.6. The fraction of sp³-hybridized carbons (Fsp3) is 0.227. The van der Waals surface area contributed by atoms with E-state index in [0.717, 1.165) is 17.3 Å². The van der Waals surface area contributed by atoms with Crippen LogP contribution in [0.25, 0.3) is 11.3 Å². The molecular formula is C22H22N4O5S2. The van der Waals surface area contributed by atoms with Gasteiger partial charge in [-0.15, -0.1) is 0 Å². The highest BCUT2D eigenvalue weighted by Crippen LogP contribution is 2.41. The van der Waals surface area contributed by atoms with E-state index in [2.05, 4.69) is 15.3 Å². The van der Waals surface area contributed by atoms with Crippen molar-refractivity contribution >= 4 is 39.1 Å². The summed E-state index contributed by atoms with van der Waals surface area (Å²) < 4.78 is 37.4. The van der Waals surface area contributed by atoms with Gasteiger partial charge in [0.1, 0.15) is 4.90 Å². The van der Waals surface area contributed by atoms with Crippen molar-refractivity contribution in [2.75, 3.05) is 36.6 Å². The predicted molar refractivity (Wildman–Crippen MR) is 127 cm³/mol. The van der Waals surface area contributed by atoms with E-state index in [1.165, 1.54) is 31.8 Å². The Balaban J connectivity index is 1.54. The van der Waals surface area contributed by atoms with Crippen molar-refractivity contribution in [3.8, 4) is 22.8 Å². The van der Waals surface area contributed by atoms with Gasteiger partial charge in [0, 0.05) is 24.4 Å². The highest BCUT2D eigenvalue weighted by molar-refractivity contribution is 7.99. The van der Waals surface area contributed by atoms with Crippen LogP contribution >= 0.6 is 11.8 Å². The van der Waals surface area contributed by atoms with E-state index in [9.17, 15) is 13.2 Å². The van der Waals surface area contributed by atoms with Gasteiger partial charge in [0.15, 0.2) is 16.7 Å². The number of amides is 1. The SMILES string of the molecule is COc1ccc(NC(=O)CSc2ncc3c(n2)-c2cc(C)ccc2N(C)S3(=O)=O)cc1OC. The lowest BCUT2D eigenvalue weighted by molar-refractivity contribution is -0.113. The van der Waals surface area contributed by atoms with Gasteiger partial charge in [0.05, 0.1) is 37.6 Å². The number of ether oxygens (including phenoxy) is 2. The van der Waals surface area contributed by atoms with Crippen molar-refractivity contribution in [2.24, 2.45) is 0 Å². The quantitative estimate of drug-likeness (QED) is 0.417. The Morgan fingerprint density at radius 3 is 2.61 bits per heavy atom. The minimum absolute atomic E-state index is 0.0421. The van der Waals surface area contributed by atoms with Crippen molar-refractivity contribution in [1.29, 1.82) is 0 Å². The lowest BCUT2D eigenvalue weighted by atomic mass is 10.1. The maximum Gasteiger partial charge on any atom is 0.267 e. The molecule has 1 amide bonds. The Labute approximate surface area is 196 Å². The number of methoxy groups -OCH3 is 2. The first-order chi connectivity index (χ1) is 15.7. The summed E-state index contributed by atoms with van der Waals surface area (Å²) in [4.78, 5) is 21.2. The fourth-order valence-corrected chi connectivity index (χ4v) is 5.35. The molecule has 1 aliphatic heterocycles. The second-order valence-electron chi connectivity index (χ2n) is 7.27. The van der Waals surface area contributed by atoms with Gasteiger partial charge in [-0.05, 0) is 31.2 Å².